The number of aliphatic hydroxyl groups is 2. The summed E-state index contributed by atoms with van der Waals surface area (Å²) in [6.07, 6.45) is 1.26. The van der Waals surface area contributed by atoms with Crippen LogP contribution in [-0.2, 0) is 4.43 Å². The first-order valence-corrected chi connectivity index (χ1v) is 11.2. The topological polar surface area (TPSA) is 52.9 Å². The molecule has 3 saturated heterocycles. The van der Waals surface area contributed by atoms with E-state index in [0.717, 1.165) is 26.0 Å². The number of aliphatic hydroxyl groups excluding tert-OH is 1. The molecule has 0 aromatic carbocycles. The highest BCUT2D eigenvalue weighted by atomic mass is 28.4. The lowest BCUT2D eigenvalue weighted by atomic mass is 9.70. The highest BCUT2D eigenvalue weighted by Crippen LogP contribution is 2.42. The standard InChI is InChI=1S/C16H33NO3Si/c1-12(18)16(19)11-17-8-7-13(16)9-14(17)10-20-21(5,6)15(2,3)4/h12-14,18-19H,7-11H2,1-6H3/t12?,13-,14-,16-/m0/s1. The number of hydrogen-bond donors (Lipinski definition) is 2. The molecule has 3 heterocycles. The van der Waals surface area contributed by atoms with Crippen molar-refractivity contribution in [3.8, 4) is 0 Å². The zero-order valence-electron chi connectivity index (χ0n) is 14.5. The van der Waals surface area contributed by atoms with E-state index in [2.05, 4.69) is 38.8 Å². The van der Waals surface area contributed by atoms with E-state index in [1.807, 2.05) is 0 Å². The molecule has 0 aliphatic carbocycles. The van der Waals surface area contributed by atoms with Crippen molar-refractivity contribution in [2.24, 2.45) is 5.92 Å². The third kappa shape index (κ3) is 3.22. The molecule has 2 N–H and O–H groups in total. The fraction of sp³-hybridized carbons (Fsp3) is 1.00. The molecule has 2 bridgehead atoms. The van der Waals surface area contributed by atoms with Crippen molar-refractivity contribution < 1.29 is 14.6 Å². The van der Waals surface area contributed by atoms with Crippen LogP contribution in [0.2, 0.25) is 18.1 Å². The van der Waals surface area contributed by atoms with Crippen LogP contribution in [0.5, 0.6) is 0 Å². The summed E-state index contributed by atoms with van der Waals surface area (Å²) in [7, 11) is -1.71. The average Bonchev–Trinajstić information content (AvgIpc) is 2.36. The van der Waals surface area contributed by atoms with Crippen molar-refractivity contribution in [3.05, 3.63) is 0 Å². The van der Waals surface area contributed by atoms with Gasteiger partial charge in [0.2, 0.25) is 0 Å². The minimum atomic E-state index is -1.71. The van der Waals surface area contributed by atoms with E-state index in [9.17, 15) is 10.2 Å². The summed E-state index contributed by atoms with van der Waals surface area (Å²) in [4.78, 5) is 2.32. The second kappa shape index (κ2) is 5.60. The van der Waals surface area contributed by atoms with Gasteiger partial charge in [-0.1, -0.05) is 20.8 Å². The van der Waals surface area contributed by atoms with Crippen LogP contribution in [-0.4, -0.2) is 60.9 Å². The van der Waals surface area contributed by atoms with E-state index < -0.39 is 20.0 Å². The molecule has 21 heavy (non-hydrogen) atoms. The summed E-state index contributed by atoms with van der Waals surface area (Å²) in [6, 6.07) is 0.400. The van der Waals surface area contributed by atoms with Gasteiger partial charge in [-0.15, -0.1) is 0 Å². The summed E-state index contributed by atoms with van der Waals surface area (Å²) >= 11 is 0. The van der Waals surface area contributed by atoms with Gasteiger partial charge >= 0.3 is 0 Å². The first-order valence-electron chi connectivity index (χ1n) is 8.26. The number of fused-ring (bicyclic) bond motifs is 3. The number of piperidine rings is 3. The lowest BCUT2D eigenvalue weighted by Gasteiger charge is -2.55. The number of nitrogens with zero attached hydrogens (tertiary/aromatic N) is 1. The van der Waals surface area contributed by atoms with Crippen molar-refractivity contribution in [1.29, 1.82) is 0 Å². The van der Waals surface area contributed by atoms with Gasteiger partial charge in [-0.25, -0.2) is 0 Å². The third-order valence-corrected chi connectivity index (χ3v) is 10.7. The molecule has 3 rings (SSSR count). The molecule has 0 spiro atoms. The molecule has 0 amide bonds. The van der Waals surface area contributed by atoms with Crippen LogP contribution in [0.3, 0.4) is 0 Å². The summed E-state index contributed by atoms with van der Waals surface area (Å²) < 4.78 is 6.37. The lowest BCUT2D eigenvalue weighted by molar-refractivity contribution is -0.185. The van der Waals surface area contributed by atoms with Crippen LogP contribution in [0.1, 0.15) is 40.5 Å². The predicted octanol–water partition coefficient (Wildman–Crippen LogP) is 2.21. The normalized spacial score (nSPS) is 38.6. The minimum absolute atomic E-state index is 0.204. The van der Waals surface area contributed by atoms with Gasteiger partial charge < -0.3 is 14.6 Å². The van der Waals surface area contributed by atoms with Gasteiger partial charge in [0.1, 0.15) is 5.60 Å². The van der Waals surface area contributed by atoms with E-state index in [4.69, 9.17) is 4.43 Å². The molecular formula is C16H33NO3Si. The minimum Gasteiger partial charge on any atom is -0.415 e. The Morgan fingerprint density at radius 1 is 1.38 bits per heavy atom. The van der Waals surface area contributed by atoms with Gasteiger partial charge in [0, 0.05) is 19.2 Å². The first kappa shape index (κ1) is 17.4. The Hall–Kier alpha value is 0.0569. The highest BCUT2D eigenvalue weighted by Gasteiger charge is 2.52. The molecule has 5 atom stereocenters. The Morgan fingerprint density at radius 2 is 2.00 bits per heavy atom. The Balaban J connectivity index is 1.97. The fourth-order valence-corrected chi connectivity index (χ4v) is 4.43. The molecule has 5 heteroatoms. The molecule has 3 aliphatic heterocycles. The van der Waals surface area contributed by atoms with Crippen molar-refractivity contribution in [1.82, 2.24) is 4.90 Å². The van der Waals surface area contributed by atoms with Crippen LogP contribution in [0, 0.1) is 5.92 Å². The molecule has 124 valence electrons. The average molecular weight is 316 g/mol. The number of hydrogen-bond acceptors (Lipinski definition) is 4. The van der Waals surface area contributed by atoms with Crippen molar-refractivity contribution >= 4 is 8.32 Å². The number of rotatable bonds is 4. The second-order valence-electron chi connectivity index (χ2n) is 8.58. The predicted molar refractivity (Wildman–Crippen MR) is 87.9 cm³/mol. The third-order valence-electron chi connectivity index (χ3n) is 6.17. The van der Waals surface area contributed by atoms with Gasteiger partial charge in [-0.05, 0) is 50.4 Å². The van der Waals surface area contributed by atoms with E-state index in [-0.39, 0.29) is 11.0 Å². The van der Waals surface area contributed by atoms with Crippen molar-refractivity contribution in [2.75, 3.05) is 19.7 Å². The van der Waals surface area contributed by atoms with E-state index in [1.165, 1.54) is 0 Å². The van der Waals surface area contributed by atoms with E-state index in [0.29, 0.717) is 12.6 Å². The quantitative estimate of drug-likeness (QED) is 0.781. The van der Waals surface area contributed by atoms with Crippen LogP contribution in [0.15, 0.2) is 0 Å². The summed E-state index contributed by atoms with van der Waals surface area (Å²) in [5.74, 6) is 0.204. The Bertz CT molecular complexity index is 380. The van der Waals surface area contributed by atoms with Crippen LogP contribution >= 0.6 is 0 Å². The Kier molecular flexibility index (Phi) is 4.65. The molecular weight excluding hydrogens is 282 g/mol. The SMILES string of the molecule is CC(O)[C@@]1(O)CN2CC[C@H]1C[C@H]2CO[Si](C)(C)C(C)(C)C. The van der Waals surface area contributed by atoms with Crippen LogP contribution < -0.4 is 0 Å². The van der Waals surface area contributed by atoms with Crippen LogP contribution in [0.25, 0.3) is 0 Å². The zero-order chi connectivity index (χ0) is 16.1. The summed E-state index contributed by atoms with van der Waals surface area (Å²) in [6.45, 7) is 15.4. The molecule has 3 aliphatic rings. The van der Waals surface area contributed by atoms with Gasteiger partial charge in [0.15, 0.2) is 8.32 Å². The summed E-state index contributed by atoms with van der Waals surface area (Å²) in [5, 5.41) is 20.8. The van der Waals surface area contributed by atoms with E-state index >= 15 is 0 Å². The Morgan fingerprint density at radius 3 is 2.43 bits per heavy atom. The van der Waals surface area contributed by atoms with Crippen molar-refractivity contribution in [3.63, 3.8) is 0 Å². The second-order valence-corrected chi connectivity index (χ2v) is 13.4. The highest BCUT2D eigenvalue weighted by molar-refractivity contribution is 6.74. The van der Waals surface area contributed by atoms with Gasteiger partial charge in [-0.3, -0.25) is 4.90 Å². The first-order chi connectivity index (χ1) is 9.47. The maximum Gasteiger partial charge on any atom is 0.192 e. The molecule has 0 aromatic rings. The molecule has 0 saturated carbocycles. The monoisotopic (exact) mass is 315 g/mol. The zero-order valence-corrected chi connectivity index (χ0v) is 15.5. The van der Waals surface area contributed by atoms with Crippen molar-refractivity contribution in [2.45, 2.75) is 76.4 Å². The Labute approximate surface area is 130 Å². The smallest absolute Gasteiger partial charge is 0.192 e. The van der Waals surface area contributed by atoms with Crippen LogP contribution in [0.4, 0.5) is 0 Å². The van der Waals surface area contributed by atoms with Gasteiger partial charge in [0.05, 0.1) is 6.10 Å². The summed E-state index contributed by atoms with van der Waals surface area (Å²) in [5.41, 5.74) is -0.925. The maximum atomic E-state index is 10.7. The molecule has 0 radical (unpaired) electrons. The van der Waals surface area contributed by atoms with Gasteiger partial charge in [0.25, 0.3) is 0 Å². The largest absolute Gasteiger partial charge is 0.415 e. The molecule has 4 nitrogen and oxygen atoms in total. The van der Waals surface area contributed by atoms with Gasteiger partial charge in [-0.2, -0.15) is 0 Å². The maximum absolute atomic E-state index is 10.7. The molecule has 0 aromatic heterocycles. The van der Waals surface area contributed by atoms with E-state index in [1.54, 1.807) is 6.92 Å². The molecule has 3 fully saturated rings. The lowest BCUT2D eigenvalue weighted by Crippen LogP contribution is -2.67. The fourth-order valence-electron chi connectivity index (χ4n) is 3.38. The molecule has 2 unspecified atom stereocenters.